The third kappa shape index (κ3) is 11.8. The van der Waals surface area contributed by atoms with E-state index in [1.165, 1.54) is 0 Å². The summed E-state index contributed by atoms with van der Waals surface area (Å²) in [7, 11) is 0. The fourth-order valence-electron chi connectivity index (χ4n) is 12.2. The molecule has 444 valence electrons. The predicted octanol–water partition coefficient (Wildman–Crippen LogP) is 8.72. The molecule has 3 fully saturated rings. The summed E-state index contributed by atoms with van der Waals surface area (Å²) in [4.78, 5) is 105. The highest BCUT2D eigenvalue weighted by Gasteiger charge is 2.46. The van der Waals surface area contributed by atoms with E-state index in [1.807, 2.05) is 90.3 Å². The third-order valence-electron chi connectivity index (χ3n) is 16.7. The minimum absolute atomic E-state index is 0.0450. The second-order valence-corrected chi connectivity index (χ2v) is 23.1. The lowest BCUT2D eigenvalue weighted by molar-refractivity contribution is -0.138. The summed E-state index contributed by atoms with van der Waals surface area (Å²) in [6.07, 6.45) is 16.7. The first-order valence-corrected chi connectivity index (χ1v) is 29.8. The van der Waals surface area contributed by atoms with Crippen LogP contribution in [0.4, 0.5) is 17.2 Å². The molecular weight excluding hydrogens is 1110 g/mol. The SMILES string of the molecule is CC(C)CC(=O)Nc1cncc(-c2ccc3[nH]nc(-c4nc5c(-c6cccc(OCCC#Cc7ccc(N8CCC(C(=O)N9CCC(n%10cc(CNc%11cccc%12c%11C(=O)N(C%11CCC(=O)NC%11=O)C%12=O)cn%10)CC9)CC8)nc7)c6)cncc5[nH]4)c3c2)c1. The van der Waals surface area contributed by atoms with E-state index in [2.05, 4.69) is 62.9 Å². The van der Waals surface area contributed by atoms with E-state index < -0.39 is 29.7 Å². The molecule has 6 amide bonds. The van der Waals surface area contributed by atoms with Gasteiger partial charge in [0, 0.05) is 116 Å². The monoisotopic (exact) mass is 1180 g/mol. The highest BCUT2D eigenvalue weighted by atomic mass is 16.5. The molecular formula is C66H63N15O7. The van der Waals surface area contributed by atoms with E-state index in [0.29, 0.717) is 67.7 Å². The fourth-order valence-corrected chi connectivity index (χ4v) is 12.2. The number of hydrogen-bond acceptors (Lipinski definition) is 15. The van der Waals surface area contributed by atoms with Gasteiger partial charge in [0.25, 0.3) is 11.8 Å². The van der Waals surface area contributed by atoms with Crippen LogP contribution in [0.15, 0.2) is 122 Å². The molecule has 5 N–H and O–H groups in total. The number of piperidine rings is 3. The zero-order valence-corrected chi connectivity index (χ0v) is 48.6. The summed E-state index contributed by atoms with van der Waals surface area (Å²) in [6.45, 7) is 7.52. The molecule has 0 radical (unpaired) electrons. The zero-order valence-electron chi connectivity index (χ0n) is 48.6. The molecule has 1 unspecified atom stereocenters. The number of anilines is 3. The van der Waals surface area contributed by atoms with Crippen LogP contribution >= 0.6 is 0 Å². The Hall–Kier alpha value is -10.6. The molecule has 0 spiro atoms. The molecule has 3 aromatic carbocycles. The maximum absolute atomic E-state index is 13.8. The van der Waals surface area contributed by atoms with E-state index >= 15 is 0 Å². The molecule has 0 bridgehead atoms. The number of pyridine rings is 3. The Morgan fingerprint density at radius 3 is 2.45 bits per heavy atom. The van der Waals surface area contributed by atoms with Gasteiger partial charge < -0.3 is 30.2 Å². The summed E-state index contributed by atoms with van der Waals surface area (Å²) >= 11 is 0. The molecule has 10 heterocycles. The molecule has 6 aromatic heterocycles. The molecule has 0 saturated carbocycles. The number of H-pyrrole nitrogens is 2. The molecule has 4 aliphatic rings. The second kappa shape index (κ2) is 24.4. The minimum atomic E-state index is -1.04. The van der Waals surface area contributed by atoms with Gasteiger partial charge in [-0.25, -0.2) is 9.97 Å². The van der Waals surface area contributed by atoms with Crippen LogP contribution < -0.4 is 25.6 Å². The van der Waals surface area contributed by atoms with Crippen molar-refractivity contribution in [1.82, 2.24) is 60.0 Å². The number of nitrogens with one attached hydrogen (secondary N) is 5. The molecule has 88 heavy (non-hydrogen) atoms. The first-order valence-electron chi connectivity index (χ1n) is 29.8. The summed E-state index contributed by atoms with van der Waals surface area (Å²) in [5, 5.41) is 21.8. The summed E-state index contributed by atoms with van der Waals surface area (Å²) in [6, 6.07) is 23.9. The van der Waals surface area contributed by atoms with Crippen LogP contribution in [0.5, 0.6) is 5.75 Å². The van der Waals surface area contributed by atoms with Gasteiger partial charge >= 0.3 is 0 Å². The number of rotatable bonds is 16. The normalized spacial score (nSPS) is 16.5. The fraction of sp³-hybridized carbons (Fsp3) is 0.303. The van der Waals surface area contributed by atoms with Crippen LogP contribution in [0.3, 0.4) is 0 Å². The van der Waals surface area contributed by atoms with E-state index in [-0.39, 0.29) is 53.7 Å². The lowest BCUT2D eigenvalue weighted by Gasteiger charge is -2.37. The van der Waals surface area contributed by atoms with Gasteiger partial charge in [0.15, 0.2) is 5.82 Å². The van der Waals surface area contributed by atoms with Crippen molar-refractivity contribution >= 4 is 74.6 Å². The Labute approximate surface area is 505 Å². The number of carbonyl (C=O) groups excluding carboxylic acids is 6. The summed E-state index contributed by atoms with van der Waals surface area (Å²) < 4.78 is 8.13. The Kier molecular flexibility index (Phi) is 15.7. The van der Waals surface area contributed by atoms with Crippen molar-refractivity contribution in [2.24, 2.45) is 11.8 Å². The third-order valence-corrected chi connectivity index (χ3v) is 16.7. The average Bonchev–Trinajstić information content (AvgIpc) is 1.84. The van der Waals surface area contributed by atoms with Gasteiger partial charge in [-0.15, -0.1) is 0 Å². The van der Waals surface area contributed by atoms with Crippen LogP contribution in [0.25, 0.3) is 55.7 Å². The van der Waals surface area contributed by atoms with Crippen molar-refractivity contribution in [3.8, 4) is 51.4 Å². The Morgan fingerprint density at radius 1 is 0.795 bits per heavy atom. The topological polar surface area (TPSA) is 271 Å². The predicted molar refractivity (Wildman–Crippen MR) is 329 cm³/mol. The number of aromatic nitrogens is 9. The van der Waals surface area contributed by atoms with E-state index in [0.717, 1.165) is 105 Å². The van der Waals surface area contributed by atoms with Crippen molar-refractivity contribution in [2.75, 3.05) is 48.3 Å². The molecule has 13 rings (SSSR count). The summed E-state index contributed by atoms with van der Waals surface area (Å²) in [5.74, 6) is 6.77. The molecule has 3 saturated heterocycles. The number of imide groups is 2. The highest BCUT2D eigenvalue weighted by Crippen LogP contribution is 2.36. The standard InChI is InChI=1S/C66H63N15O7/c1-39(2)27-58(83)72-46-28-45(34-67-35-46)43-13-14-52-50(30-43)61(77-76-52)62-73-54-37-68-36-51(60(54)75-62)44-8-5-9-48(29-44)88-26-4-3-7-40-12-16-56(70-31-40)78-22-18-42(19-23-78)64(85)79-24-20-47(21-25-79)80-38-41(33-71-80)32-69-53-11-6-10-49-59(53)66(87)81(65(49)86)55-15-17-57(82)74-63(55)84/h5-6,8-14,16,28-31,33-39,42,47,55,69H,4,15,17-27,32H2,1-2H3,(H,72,83)(H,73,75)(H,76,77)(H,74,82,84). The van der Waals surface area contributed by atoms with Gasteiger partial charge in [-0.3, -0.25) is 58.7 Å². The van der Waals surface area contributed by atoms with Crippen LogP contribution in [-0.2, 0) is 25.7 Å². The van der Waals surface area contributed by atoms with Crippen LogP contribution in [0, 0.1) is 23.7 Å². The van der Waals surface area contributed by atoms with E-state index in [4.69, 9.17) is 14.7 Å². The van der Waals surface area contributed by atoms with Crippen LogP contribution in [0.1, 0.15) is 103 Å². The number of benzene rings is 3. The molecule has 22 nitrogen and oxygen atoms in total. The van der Waals surface area contributed by atoms with Crippen molar-refractivity contribution in [3.63, 3.8) is 0 Å². The van der Waals surface area contributed by atoms with Gasteiger partial charge in [-0.1, -0.05) is 50.0 Å². The number of nitrogens with zero attached hydrogens (tertiary/aromatic N) is 10. The number of imidazole rings is 1. The zero-order chi connectivity index (χ0) is 60.4. The molecule has 22 heteroatoms. The lowest BCUT2D eigenvalue weighted by Crippen LogP contribution is -2.54. The van der Waals surface area contributed by atoms with Crippen LogP contribution in [0.2, 0.25) is 0 Å². The number of hydrogen-bond donors (Lipinski definition) is 5. The quantitative estimate of drug-likeness (QED) is 0.0344. The maximum atomic E-state index is 13.8. The van der Waals surface area contributed by atoms with Crippen molar-refractivity contribution in [3.05, 3.63) is 144 Å². The van der Waals surface area contributed by atoms with E-state index in [9.17, 15) is 28.8 Å². The van der Waals surface area contributed by atoms with Crippen molar-refractivity contribution in [2.45, 2.75) is 83.8 Å². The number of fused-ring (bicyclic) bond motifs is 3. The van der Waals surface area contributed by atoms with Gasteiger partial charge in [0.2, 0.25) is 23.6 Å². The van der Waals surface area contributed by atoms with Gasteiger partial charge in [0.1, 0.15) is 23.3 Å². The molecule has 0 aliphatic carbocycles. The summed E-state index contributed by atoms with van der Waals surface area (Å²) in [5.41, 5.74) is 9.77. The second-order valence-electron chi connectivity index (χ2n) is 23.1. The van der Waals surface area contributed by atoms with Crippen LogP contribution in [-0.4, -0.2) is 129 Å². The van der Waals surface area contributed by atoms with Crippen molar-refractivity contribution in [1.29, 1.82) is 0 Å². The Balaban J connectivity index is 0.556. The average molecular weight is 1180 g/mol. The number of carbonyl (C=O) groups is 6. The Bertz CT molecular complexity index is 4260. The molecule has 4 aliphatic heterocycles. The number of likely N-dealkylation sites (tertiary alicyclic amines) is 1. The maximum Gasteiger partial charge on any atom is 0.264 e. The highest BCUT2D eigenvalue weighted by molar-refractivity contribution is 6.25. The minimum Gasteiger partial charge on any atom is -0.493 e. The number of ether oxygens (including phenoxy) is 1. The first-order chi connectivity index (χ1) is 42.9. The number of amides is 6. The molecule has 9 aromatic rings. The lowest BCUT2D eigenvalue weighted by atomic mass is 9.93. The van der Waals surface area contributed by atoms with Gasteiger partial charge in [0.05, 0.1) is 64.6 Å². The smallest absolute Gasteiger partial charge is 0.264 e. The van der Waals surface area contributed by atoms with Crippen molar-refractivity contribution < 1.29 is 33.5 Å². The van der Waals surface area contributed by atoms with Gasteiger partial charge in [-0.05, 0) is 104 Å². The Morgan fingerprint density at radius 2 is 1.64 bits per heavy atom. The number of aromatic amines is 2. The van der Waals surface area contributed by atoms with Gasteiger partial charge in [-0.2, -0.15) is 10.2 Å². The van der Waals surface area contributed by atoms with E-state index in [1.54, 1.807) is 55.4 Å². The largest absolute Gasteiger partial charge is 0.493 e. The first kappa shape index (κ1) is 56.6. The molecule has 1 atom stereocenters.